The van der Waals surface area contributed by atoms with E-state index in [2.05, 4.69) is 10.3 Å². The predicted octanol–water partition coefficient (Wildman–Crippen LogP) is 1.84. The highest BCUT2D eigenvalue weighted by Crippen LogP contribution is 2.15. The number of aliphatic imine (C=N–C) groups is 1. The molecule has 1 amide bonds. The molecule has 154 valence electrons. The van der Waals surface area contributed by atoms with Crippen LogP contribution in [0.25, 0.3) is 0 Å². The summed E-state index contributed by atoms with van der Waals surface area (Å²) in [7, 11) is 1.42. The molecule has 7 nitrogen and oxygen atoms in total. The molecule has 1 saturated heterocycles. The molecule has 1 aliphatic heterocycles. The van der Waals surface area contributed by atoms with Crippen molar-refractivity contribution in [2.75, 3.05) is 66.0 Å². The van der Waals surface area contributed by atoms with Crippen LogP contribution in [-0.2, 0) is 4.74 Å². The molecule has 0 aromatic heterocycles. The summed E-state index contributed by atoms with van der Waals surface area (Å²) < 4.78 is 41.9. The number of hydrogen-bond donors (Lipinski definition) is 1. The van der Waals surface area contributed by atoms with E-state index < -0.39 is 12.7 Å². The summed E-state index contributed by atoms with van der Waals surface area (Å²) in [5.74, 6) is 0.659. The Bertz CT molecular complexity index is 443. The molecule has 26 heavy (non-hydrogen) atoms. The summed E-state index contributed by atoms with van der Waals surface area (Å²) >= 11 is 0. The quantitative estimate of drug-likeness (QED) is 0.347. The van der Waals surface area contributed by atoms with Gasteiger partial charge in [0.15, 0.2) is 5.96 Å². The van der Waals surface area contributed by atoms with Crippen molar-refractivity contribution in [2.24, 2.45) is 4.99 Å². The van der Waals surface area contributed by atoms with Gasteiger partial charge in [0, 0.05) is 39.3 Å². The van der Waals surface area contributed by atoms with Crippen molar-refractivity contribution in [1.29, 1.82) is 0 Å². The van der Waals surface area contributed by atoms with Gasteiger partial charge in [-0.25, -0.2) is 4.79 Å². The first kappa shape index (κ1) is 25.0. The Morgan fingerprint density at radius 3 is 2.27 bits per heavy atom. The van der Waals surface area contributed by atoms with E-state index in [9.17, 15) is 18.0 Å². The molecule has 0 spiro atoms. The Labute approximate surface area is 169 Å². The van der Waals surface area contributed by atoms with Crippen molar-refractivity contribution < 1.29 is 22.7 Å². The molecule has 1 fully saturated rings. The second-order valence-electron chi connectivity index (χ2n) is 5.76. The predicted molar refractivity (Wildman–Crippen MR) is 105 cm³/mol. The second-order valence-corrected chi connectivity index (χ2v) is 5.76. The van der Waals surface area contributed by atoms with E-state index in [1.807, 2.05) is 11.8 Å². The van der Waals surface area contributed by atoms with E-state index in [1.54, 1.807) is 11.8 Å². The number of likely N-dealkylation sites (N-methyl/N-ethyl adjacent to an activating group) is 1. The fourth-order valence-corrected chi connectivity index (χ4v) is 2.45. The summed E-state index contributed by atoms with van der Waals surface area (Å²) in [4.78, 5) is 20.9. The van der Waals surface area contributed by atoms with Gasteiger partial charge >= 0.3 is 12.3 Å². The van der Waals surface area contributed by atoms with Gasteiger partial charge in [-0.2, -0.15) is 13.2 Å². The third kappa shape index (κ3) is 9.64. The van der Waals surface area contributed by atoms with Gasteiger partial charge < -0.3 is 19.9 Å². The number of alkyl halides is 3. The van der Waals surface area contributed by atoms with Crippen molar-refractivity contribution in [1.82, 2.24) is 20.0 Å². The minimum absolute atomic E-state index is 0. The molecular formula is C15H29F3IN5O2. The van der Waals surface area contributed by atoms with Crippen molar-refractivity contribution in [3.8, 4) is 0 Å². The van der Waals surface area contributed by atoms with Gasteiger partial charge in [0.2, 0.25) is 0 Å². The zero-order valence-electron chi connectivity index (χ0n) is 15.5. The second kappa shape index (κ2) is 12.4. The zero-order valence-corrected chi connectivity index (χ0v) is 17.8. The van der Waals surface area contributed by atoms with Crippen molar-refractivity contribution in [3.05, 3.63) is 0 Å². The Balaban J connectivity index is 0.00000625. The number of halogens is 4. The van der Waals surface area contributed by atoms with Crippen LogP contribution in [0.3, 0.4) is 0 Å². The third-order valence-electron chi connectivity index (χ3n) is 3.63. The largest absolute Gasteiger partial charge is 0.450 e. The number of guanidine groups is 1. The number of piperazine rings is 1. The highest BCUT2D eigenvalue weighted by Gasteiger charge is 2.29. The number of amides is 1. The topological polar surface area (TPSA) is 60.4 Å². The molecule has 0 unspecified atom stereocenters. The lowest BCUT2D eigenvalue weighted by Crippen LogP contribution is -2.54. The normalized spacial score (nSPS) is 15.7. The first-order valence-corrected chi connectivity index (χ1v) is 8.47. The van der Waals surface area contributed by atoms with Crippen LogP contribution in [0.15, 0.2) is 4.99 Å². The Hall–Kier alpha value is -0.980. The summed E-state index contributed by atoms with van der Waals surface area (Å²) in [6.45, 7) is 6.49. The lowest BCUT2D eigenvalue weighted by Gasteiger charge is -2.36. The van der Waals surface area contributed by atoms with Gasteiger partial charge in [-0.3, -0.25) is 9.89 Å². The molecule has 0 saturated carbocycles. The van der Waals surface area contributed by atoms with Crippen LogP contribution in [-0.4, -0.2) is 98.9 Å². The monoisotopic (exact) mass is 495 g/mol. The molecule has 0 bridgehead atoms. The van der Waals surface area contributed by atoms with Gasteiger partial charge in [-0.05, 0) is 20.9 Å². The van der Waals surface area contributed by atoms with Gasteiger partial charge in [0.1, 0.15) is 0 Å². The molecule has 0 aromatic carbocycles. The van der Waals surface area contributed by atoms with Crippen LogP contribution in [0.1, 0.15) is 13.8 Å². The van der Waals surface area contributed by atoms with E-state index in [1.165, 1.54) is 11.9 Å². The molecule has 0 radical (unpaired) electrons. The zero-order chi connectivity index (χ0) is 18.9. The summed E-state index contributed by atoms with van der Waals surface area (Å²) in [5.41, 5.74) is 0. The van der Waals surface area contributed by atoms with E-state index in [0.29, 0.717) is 45.3 Å². The van der Waals surface area contributed by atoms with Crippen LogP contribution in [0.2, 0.25) is 0 Å². The number of ether oxygens (including phenoxy) is 1. The summed E-state index contributed by atoms with van der Waals surface area (Å²) in [6.07, 6.45) is -4.52. The van der Waals surface area contributed by atoms with Crippen LogP contribution < -0.4 is 5.32 Å². The highest BCUT2D eigenvalue weighted by molar-refractivity contribution is 14.0. The number of rotatable bonds is 6. The third-order valence-corrected chi connectivity index (χ3v) is 3.63. The van der Waals surface area contributed by atoms with Crippen LogP contribution >= 0.6 is 24.0 Å². The first-order chi connectivity index (χ1) is 11.8. The van der Waals surface area contributed by atoms with E-state index in [4.69, 9.17) is 4.74 Å². The van der Waals surface area contributed by atoms with E-state index in [0.717, 1.165) is 0 Å². The maximum atomic E-state index is 12.3. The standard InChI is InChI=1S/C15H28F3N5O2.HI/c1-4-19-13(20-6-7-21(3)12-15(16,17)18)22-8-10-23(11-9-22)14(24)25-5-2;/h4-12H2,1-3H3,(H,19,20);1H. The number of nitrogens with one attached hydrogen (secondary N) is 1. The van der Waals surface area contributed by atoms with Gasteiger partial charge in [0.05, 0.1) is 19.7 Å². The maximum absolute atomic E-state index is 12.3. The number of hydrogen-bond acceptors (Lipinski definition) is 4. The molecule has 0 atom stereocenters. The average molecular weight is 495 g/mol. The van der Waals surface area contributed by atoms with Gasteiger partial charge in [-0.15, -0.1) is 24.0 Å². The van der Waals surface area contributed by atoms with E-state index in [-0.39, 0.29) is 43.2 Å². The minimum atomic E-state index is -4.20. The molecule has 11 heteroatoms. The van der Waals surface area contributed by atoms with Crippen LogP contribution in [0, 0.1) is 0 Å². The lowest BCUT2D eigenvalue weighted by molar-refractivity contribution is -0.142. The molecule has 0 aromatic rings. The minimum Gasteiger partial charge on any atom is -0.450 e. The fraction of sp³-hybridized carbons (Fsp3) is 0.867. The van der Waals surface area contributed by atoms with Crippen LogP contribution in [0.5, 0.6) is 0 Å². The van der Waals surface area contributed by atoms with Crippen molar-refractivity contribution in [3.63, 3.8) is 0 Å². The number of carbonyl (C=O) groups excluding carboxylic acids is 1. The molecule has 1 rings (SSSR count). The first-order valence-electron chi connectivity index (χ1n) is 8.47. The SMILES string of the molecule is CCNC(=NCCN(C)CC(F)(F)F)N1CCN(C(=O)OCC)CC1.I. The smallest absolute Gasteiger partial charge is 0.409 e. The highest BCUT2D eigenvalue weighted by atomic mass is 127. The lowest BCUT2D eigenvalue weighted by atomic mass is 10.3. The molecule has 0 aliphatic carbocycles. The average Bonchev–Trinajstić information content (AvgIpc) is 2.53. The fourth-order valence-electron chi connectivity index (χ4n) is 2.45. The van der Waals surface area contributed by atoms with Crippen LogP contribution in [0.4, 0.5) is 18.0 Å². The maximum Gasteiger partial charge on any atom is 0.409 e. The van der Waals surface area contributed by atoms with Gasteiger partial charge in [0.25, 0.3) is 0 Å². The molecule has 1 N–H and O–H groups in total. The number of nitrogens with zero attached hydrogens (tertiary/aromatic N) is 4. The molecular weight excluding hydrogens is 466 g/mol. The number of carbonyl (C=O) groups is 1. The van der Waals surface area contributed by atoms with Crippen molar-refractivity contribution >= 4 is 36.0 Å². The van der Waals surface area contributed by atoms with E-state index >= 15 is 0 Å². The van der Waals surface area contributed by atoms with Gasteiger partial charge in [-0.1, -0.05) is 0 Å². The van der Waals surface area contributed by atoms with Crippen molar-refractivity contribution in [2.45, 2.75) is 20.0 Å². The summed E-state index contributed by atoms with van der Waals surface area (Å²) in [6, 6.07) is 0. The Kier molecular flexibility index (Phi) is 11.9. The molecule has 1 heterocycles. The molecule has 1 aliphatic rings. The Morgan fingerprint density at radius 2 is 1.77 bits per heavy atom. The Morgan fingerprint density at radius 1 is 1.19 bits per heavy atom. The summed E-state index contributed by atoms with van der Waals surface area (Å²) in [5, 5.41) is 3.14.